The summed E-state index contributed by atoms with van der Waals surface area (Å²) in [6.45, 7) is 4.37. The molecule has 2 aromatic carbocycles. The first-order chi connectivity index (χ1) is 13.3. The molecule has 2 aromatic rings. The molecule has 28 heavy (non-hydrogen) atoms. The van der Waals surface area contributed by atoms with Crippen molar-refractivity contribution in [2.75, 3.05) is 20.2 Å². The monoisotopic (exact) mass is 403 g/mol. The van der Waals surface area contributed by atoms with Gasteiger partial charge in [-0.1, -0.05) is 17.7 Å². The number of sulfonamides is 1. The van der Waals surface area contributed by atoms with E-state index in [9.17, 15) is 13.2 Å². The fraction of sp³-hybridized carbons (Fsp3) is 0.381. The van der Waals surface area contributed by atoms with Gasteiger partial charge in [0.2, 0.25) is 10.0 Å². The van der Waals surface area contributed by atoms with Gasteiger partial charge >= 0.3 is 5.97 Å². The highest BCUT2D eigenvalue weighted by Crippen LogP contribution is 2.27. The predicted molar refractivity (Wildman–Crippen MR) is 106 cm³/mol. The Morgan fingerprint density at radius 2 is 1.82 bits per heavy atom. The number of rotatable bonds is 5. The summed E-state index contributed by atoms with van der Waals surface area (Å²) in [4.78, 5) is 12.8. The Balaban J connectivity index is 1.72. The standard InChI is InChI=1S/C21H25NO5S/c1-15-6-11-20(16(2)13-15)27-21(23)17-5-4-12-22(14-17)28(24,25)19-9-7-18(26-3)8-10-19/h6-11,13,17H,4-5,12,14H2,1-3H3. The van der Waals surface area contributed by atoms with Gasteiger partial charge in [-0.05, 0) is 62.6 Å². The highest BCUT2D eigenvalue weighted by atomic mass is 32.2. The van der Waals surface area contributed by atoms with Gasteiger partial charge in [0, 0.05) is 13.1 Å². The fourth-order valence-electron chi connectivity index (χ4n) is 3.36. The second-order valence-corrected chi connectivity index (χ2v) is 9.01. The van der Waals surface area contributed by atoms with Crippen molar-refractivity contribution in [3.8, 4) is 11.5 Å². The number of nitrogens with zero attached hydrogens (tertiary/aromatic N) is 1. The van der Waals surface area contributed by atoms with Crippen molar-refractivity contribution in [3.05, 3.63) is 53.6 Å². The van der Waals surface area contributed by atoms with E-state index in [-0.39, 0.29) is 17.4 Å². The Kier molecular flexibility index (Phi) is 6.05. The van der Waals surface area contributed by atoms with Crippen LogP contribution in [0.25, 0.3) is 0 Å². The van der Waals surface area contributed by atoms with Crippen molar-refractivity contribution in [2.24, 2.45) is 5.92 Å². The third kappa shape index (κ3) is 4.36. The number of methoxy groups -OCH3 is 1. The van der Waals surface area contributed by atoms with Crippen molar-refractivity contribution in [1.29, 1.82) is 0 Å². The lowest BCUT2D eigenvalue weighted by molar-refractivity contribution is -0.140. The van der Waals surface area contributed by atoms with Crippen LogP contribution in [-0.4, -0.2) is 38.9 Å². The van der Waals surface area contributed by atoms with E-state index in [0.717, 1.165) is 11.1 Å². The molecule has 1 heterocycles. The van der Waals surface area contributed by atoms with E-state index < -0.39 is 15.9 Å². The lowest BCUT2D eigenvalue weighted by atomic mass is 10.00. The van der Waals surface area contributed by atoms with Gasteiger partial charge in [-0.2, -0.15) is 4.31 Å². The van der Waals surface area contributed by atoms with Crippen LogP contribution in [0.4, 0.5) is 0 Å². The van der Waals surface area contributed by atoms with Crippen LogP contribution >= 0.6 is 0 Å². The molecule has 0 amide bonds. The third-order valence-electron chi connectivity index (χ3n) is 4.96. The minimum absolute atomic E-state index is 0.123. The number of benzene rings is 2. The normalized spacial score (nSPS) is 17.9. The zero-order valence-corrected chi connectivity index (χ0v) is 17.2. The summed E-state index contributed by atoms with van der Waals surface area (Å²) in [5, 5.41) is 0. The largest absolute Gasteiger partial charge is 0.497 e. The Morgan fingerprint density at radius 3 is 2.46 bits per heavy atom. The molecule has 1 aliphatic heterocycles. The second-order valence-electron chi connectivity index (χ2n) is 7.07. The summed E-state index contributed by atoms with van der Waals surface area (Å²) in [5.41, 5.74) is 1.97. The molecular formula is C21H25NO5S. The number of aryl methyl sites for hydroxylation is 2. The Morgan fingerprint density at radius 1 is 1.11 bits per heavy atom. The molecule has 150 valence electrons. The van der Waals surface area contributed by atoms with Crippen LogP contribution in [-0.2, 0) is 14.8 Å². The maximum absolute atomic E-state index is 12.9. The highest BCUT2D eigenvalue weighted by molar-refractivity contribution is 7.89. The number of hydrogen-bond donors (Lipinski definition) is 0. The predicted octanol–water partition coefficient (Wildman–Crippen LogP) is 3.32. The van der Waals surface area contributed by atoms with Crippen LogP contribution in [0, 0.1) is 19.8 Å². The van der Waals surface area contributed by atoms with E-state index >= 15 is 0 Å². The minimum atomic E-state index is -3.67. The highest BCUT2D eigenvalue weighted by Gasteiger charge is 2.34. The Bertz CT molecular complexity index is 953. The van der Waals surface area contributed by atoms with Gasteiger partial charge in [-0.3, -0.25) is 4.79 Å². The van der Waals surface area contributed by atoms with Crippen molar-refractivity contribution in [3.63, 3.8) is 0 Å². The zero-order chi connectivity index (χ0) is 20.3. The van der Waals surface area contributed by atoms with Crippen LogP contribution in [0.15, 0.2) is 47.4 Å². The number of esters is 1. The molecular weight excluding hydrogens is 378 g/mol. The van der Waals surface area contributed by atoms with E-state index in [1.165, 1.54) is 23.5 Å². The molecule has 0 aliphatic carbocycles. The molecule has 1 unspecified atom stereocenters. The molecule has 6 nitrogen and oxygen atoms in total. The minimum Gasteiger partial charge on any atom is -0.497 e. The average Bonchev–Trinajstić information content (AvgIpc) is 2.70. The number of carbonyl (C=O) groups is 1. The van der Waals surface area contributed by atoms with Gasteiger partial charge in [-0.25, -0.2) is 8.42 Å². The van der Waals surface area contributed by atoms with Crippen LogP contribution in [0.3, 0.4) is 0 Å². The van der Waals surface area contributed by atoms with Crippen molar-refractivity contribution >= 4 is 16.0 Å². The molecule has 1 aliphatic rings. The molecule has 3 rings (SSSR count). The average molecular weight is 404 g/mol. The maximum Gasteiger partial charge on any atom is 0.315 e. The summed E-state index contributed by atoms with van der Waals surface area (Å²) in [6, 6.07) is 11.9. The summed E-state index contributed by atoms with van der Waals surface area (Å²) in [7, 11) is -2.14. The number of carbonyl (C=O) groups excluding carboxylic acids is 1. The fourth-order valence-corrected chi connectivity index (χ4v) is 4.88. The van der Waals surface area contributed by atoms with E-state index in [2.05, 4.69) is 0 Å². The van der Waals surface area contributed by atoms with E-state index in [4.69, 9.17) is 9.47 Å². The van der Waals surface area contributed by atoms with E-state index in [1.807, 2.05) is 26.0 Å². The molecule has 1 saturated heterocycles. The smallest absolute Gasteiger partial charge is 0.315 e. The lowest BCUT2D eigenvalue weighted by Gasteiger charge is -2.30. The number of hydrogen-bond acceptors (Lipinski definition) is 5. The van der Waals surface area contributed by atoms with E-state index in [0.29, 0.717) is 30.9 Å². The summed E-state index contributed by atoms with van der Waals surface area (Å²) in [5.74, 6) is 0.238. The molecule has 0 bridgehead atoms. The first-order valence-electron chi connectivity index (χ1n) is 9.24. The van der Waals surface area contributed by atoms with Gasteiger partial charge in [0.15, 0.2) is 0 Å². The van der Waals surface area contributed by atoms with Crippen LogP contribution in [0.2, 0.25) is 0 Å². The van der Waals surface area contributed by atoms with Crippen LogP contribution in [0.5, 0.6) is 11.5 Å². The zero-order valence-electron chi connectivity index (χ0n) is 16.3. The summed E-state index contributed by atoms with van der Waals surface area (Å²) >= 11 is 0. The molecule has 0 saturated carbocycles. The Hall–Kier alpha value is -2.38. The topological polar surface area (TPSA) is 72.9 Å². The third-order valence-corrected chi connectivity index (χ3v) is 6.84. The number of ether oxygens (including phenoxy) is 2. The van der Waals surface area contributed by atoms with Gasteiger partial charge < -0.3 is 9.47 Å². The van der Waals surface area contributed by atoms with Crippen LogP contribution < -0.4 is 9.47 Å². The Labute approximate surface area is 166 Å². The van der Waals surface area contributed by atoms with Crippen molar-refractivity contribution in [1.82, 2.24) is 4.31 Å². The molecule has 0 N–H and O–H groups in total. The molecule has 0 aromatic heterocycles. The molecule has 1 fully saturated rings. The summed E-state index contributed by atoms with van der Waals surface area (Å²) in [6.07, 6.45) is 1.22. The second kappa shape index (κ2) is 8.32. The van der Waals surface area contributed by atoms with Crippen molar-refractivity contribution < 1.29 is 22.7 Å². The van der Waals surface area contributed by atoms with Gasteiger partial charge in [-0.15, -0.1) is 0 Å². The SMILES string of the molecule is COc1ccc(S(=O)(=O)N2CCCC(C(=O)Oc3ccc(C)cc3C)C2)cc1. The molecule has 7 heteroatoms. The first-order valence-corrected chi connectivity index (χ1v) is 10.7. The first kappa shape index (κ1) is 20.4. The van der Waals surface area contributed by atoms with Gasteiger partial charge in [0.25, 0.3) is 0 Å². The van der Waals surface area contributed by atoms with E-state index in [1.54, 1.807) is 18.2 Å². The lowest BCUT2D eigenvalue weighted by Crippen LogP contribution is -2.43. The van der Waals surface area contributed by atoms with Gasteiger partial charge in [0.05, 0.1) is 17.9 Å². The maximum atomic E-state index is 12.9. The quantitative estimate of drug-likeness (QED) is 0.566. The van der Waals surface area contributed by atoms with Gasteiger partial charge in [0.1, 0.15) is 11.5 Å². The van der Waals surface area contributed by atoms with Crippen molar-refractivity contribution in [2.45, 2.75) is 31.6 Å². The molecule has 0 radical (unpaired) electrons. The summed E-state index contributed by atoms with van der Waals surface area (Å²) < 4.78 is 37.9. The molecule has 0 spiro atoms. The number of piperidine rings is 1. The molecule has 1 atom stereocenters. The van der Waals surface area contributed by atoms with Crippen LogP contribution in [0.1, 0.15) is 24.0 Å².